The van der Waals surface area contributed by atoms with Gasteiger partial charge < -0.3 is 5.32 Å². The molecule has 126 valence electrons. The number of nitrogens with zero attached hydrogens (tertiary/aromatic N) is 1. The molecule has 0 fully saturated rings. The van der Waals surface area contributed by atoms with Gasteiger partial charge in [-0.3, -0.25) is 4.79 Å². The van der Waals surface area contributed by atoms with Crippen LogP contribution >= 0.6 is 22.6 Å². The third kappa shape index (κ3) is 5.84. The lowest BCUT2D eigenvalue weighted by atomic mass is 10.2. The third-order valence-electron chi connectivity index (χ3n) is 2.89. The lowest BCUT2D eigenvalue weighted by molar-refractivity contribution is -0.137. The minimum absolute atomic E-state index is 0.190. The molecule has 0 heterocycles. The Morgan fingerprint density at radius 3 is 2.62 bits per heavy atom. The monoisotopic (exact) mass is 447 g/mol. The van der Waals surface area contributed by atoms with Crippen LogP contribution in [-0.4, -0.2) is 18.7 Å². The highest BCUT2D eigenvalue weighted by molar-refractivity contribution is 14.1. The van der Waals surface area contributed by atoms with Crippen molar-refractivity contribution >= 4 is 40.4 Å². The normalized spacial score (nSPS) is 11.5. The smallest absolute Gasteiger partial charge is 0.376 e. The number of halogens is 4. The first-order valence-corrected chi connectivity index (χ1v) is 7.91. The summed E-state index contributed by atoms with van der Waals surface area (Å²) in [5.41, 5.74) is 2.57. The highest BCUT2D eigenvalue weighted by Crippen LogP contribution is 2.30. The summed E-state index contributed by atoms with van der Waals surface area (Å²) in [6.07, 6.45) is -2.93. The van der Waals surface area contributed by atoms with Crippen molar-refractivity contribution in [2.45, 2.75) is 6.18 Å². The van der Waals surface area contributed by atoms with Crippen LogP contribution in [0.1, 0.15) is 11.1 Å². The zero-order chi connectivity index (χ0) is 17.6. The second-order valence-corrected chi connectivity index (χ2v) is 6.03. The topological polar surface area (TPSA) is 53.5 Å². The van der Waals surface area contributed by atoms with E-state index in [1.807, 2.05) is 24.3 Å². The lowest BCUT2D eigenvalue weighted by Gasteiger charge is -2.10. The van der Waals surface area contributed by atoms with E-state index in [1.165, 1.54) is 18.3 Å². The summed E-state index contributed by atoms with van der Waals surface area (Å²) in [7, 11) is 0. The molecule has 8 heteroatoms. The molecule has 2 aromatic rings. The molecule has 0 radical (unpaired) electrons. The molecular formula is C16H13F3IN3O. The summed E-state index contributed by atoms with van der Waals surface area (Å²) in [4.78, 5) is 11.6. The molecule has 0 bridgehead atoms. The van der Waals surface area contributed by atoms with Crippen LogP contribution in [0.3, 0.4) is 0 Å². The first kappa shape index (κ1) is 18.2. The Morgan fingerprint density at radius 1 is 1.17 bits per heavy atom. The summed E-state index contributed by atoms with van der Waals surface area (Å²) >= 11 is 2.16. The van der Waals surface area contributed by atoms with Crippen LogP contribution in [-0.2, 0) is 11.0 Å². The first-order chi connectivity index (χ1) is 11.3. The summed E-state index contributed by atoms with van der Waals surface area (Å²) in [6.45, 7) is -0.190. The Kier molecular flexibility index (Phi) is 6.18. The zero-order valence-electron chi connectivity index (χ0n) is 12.3. The minimum Gasteiger partial charge on any atom is -0.376 e. The number of benzene rings is 2. The predicted molar refractivity (Wildman–Crippen MR) is 94.8 cm³/mol. The summed E-state index contributed by atoms with van der Waals surface area (Å²) in [5, 5.41) is 6.43. The second-order valence-electron chi connectivity index (χ2n) is 4.78. The van der Waals surface area contributed by atoms with Crippen molar-refractivity contribution in [3.05, 3.63) is 63.2 Å². The molecule has 0 saturated carbocycles. The maximum atomic E-state index is 12.6. The van der Waals surface area contributed by atoms with E-state index in [4.69, 9.17) is 0 Å². The summed E-state index contributed by atoms with van der Waals surface area (Å²) in [6, 6.07) is 12.2. The van der Waals surface area contributed by atoms with E-state index in [-0.39, 0.29) is 12.2 Å². The number of carbonyl (C=O) groups is 1. The molecule has 2 rings (SSSR count). The van der Waals surface area contributed by atoms with Gasteiger partial charge in [-0.15, -0.1) is 0 Å². The number of anilines is 1. The van der Waals surface area contributed by atoms with Gasteiger partial charge in [-0.1, -0.05) is 18.2 Å². The highest BCUT2D eigenvalue weighted by Gasteiger charge is 2.30. The van der Waals surface area contributed by atoms with E-state index in [1.54, 1.807) is 0 Å². The summed E-state index contributed by atoms with van der Waals surface area (Å²) < 4.78 is 38.8. The van der Waals surface area contributed by atoms with Crippen LogP contribution in [0, 0.1) is 3.57 Å². The molecule has 0 unspecified atom stereocenters. The van der Waals surface area contributed by atoms with Gasteiger partial charge in [0.1, 0.15) is 0 Å². The fourth-order valence-electron chi connectivity index (χ4n) is 1.79. The van der Waals surface area contributed by atoms with Gasteiger partial charge in [0.05, 0.1) is 18.3 Å². The average Bonchev–Trinajstić information content (AvgIpc) is 2.52. The van der Waals surface area contributed by atoms with Crippen molar-refractivity contribution in [3.63, 3.8) is 0 Å². The van der Waals surface area contributed by atoms with E-state index >= 15 is 0 Å². The Hall–Kier alpha value is -2.10. The van der Waals surface area contributed by atoms with Crippen LogP contribution in [0.2, 0.25) is 0 Å². The number of nitrogens with one attached hydrogen (secondary N) is 2. The van der Waals surface area contributed by atoms with Crippen LogP contribution < -0.4 is 10.7 Å². The number of hydrogen-bond acceptors (Lipinski definition) is 3. The molecule has 0 aromatic heterocycles. The predicted octanol–water partition coefficient (Wildman–Crippen LogP) is 3.87. The van der Waals surface area contributed by atoms with Gasteiger partial charge in [-0.2, -0.15) is 18.3 Å². The number of hydrazone groups is 1. The van der Waals surface area contributed by atoms with E-state index in [9.17, 15) is 18.0 Å². The molecule has 0 aliphatic rings. The van der Waals surface area contributed by atoms with Gasteiger partial charge in [0.2, 0.25) is 0 Å². The minimum atomic E-state index is -4.42. The summed E-state index contributed by atoms with van der Waals surface area (Å²) in [5.74, 6) is -0.464. The van der Waals surface area contributed by atoms with E-state index < -0.39 is 17.6 Å². The molecule has 0 atom stereocenters. The van der Waals surface area contributed by atoms with Crippen molar-refractivity contribution in [1.82, 2.24) is 5.43 Å². The maximum absolute atomic E-state index is 12.6. The molecule has 0 aliphatic carbocycles. The Bertz CT molecular complexity index is 747. The highest BCUT2D eigenvalue weighted by atomic mass is 127. The number of alkyl halides is 3. The van der Waals surface area contributed by atoms with Gasteiger partial charge in [0.25, 0.3) is 5.91 Å². The molecule has 0 aliphatic heterocycles. The molecule has 4 nitrogen and oxygen atoms in total. The van der Waals surface area contributed by atoms with Gasteiger partial charge in [-0.05, 0) is 58.5 Å². The van der Waals surface area contributed by atoms with E-state index in [2.05, 4.69) is 38.4 Å². The molecule has 24 heavy (non-hydrogen) atoms. The van der Waals surface area contributed by atoms with Crippen molar-refractivity contribution < 1.29 is 18.0 Å². The van der Waals surface area contributed by atoms with Gasteiger partial charge in [0, 0.05) is 9.26 Å². The third-order valence-corrected chi connectivity index (χ3v) is 3.57. The molecule has 2 aromatic carbocycles. The van der Waals surface area contributed by atoms with Gasteiger partial charge in [-0.25, -0.2) is 5.43 Å². The van der Waals surface area contributed by atoms with Crippen LogP contribution in [0.15, 0.2) is 53.6 Å². The van der Waals surface area contributed by atoms with Crippen LogP contribution in [0.5, 0.6) is 0 Å². The zero-order valence-corrected chi connectivity index (χ0v) is 14.4. The number of rotatable bonds is 5. The second kappa shape index (κ2) is 8.13. The van der Waals surface area contributed by atoms with Crippen molar-refractivity contribution in [2.24, 2.45) is 5.10 Å². The fraction of sp³-hybridized carbons (Fsp3) is 0.125. The van der Waals surface area contributed by atoms with Crippen LogP contribution in [0.4, 0.5) is 18.9 Å². The SMILES string of the molecule is O=C(CNc1cccc(C(F)(F)F)c1)N/N=C\c1cccc(I)c1. The Morgan fingerprint density at radius 2 is 1.92 bits per heavy atom. The average molecular weight is 447 g/mol. The van der Waals surface area contributed by atoms with E-state index in [0.29, 0.717) is 0 Å². The van der Waals surface area contributed by atoms with Crippen molar-refractivity contribution in [2.75, 3.05) is 11.9 Å². The molecule has 0 spiro atoms. The largest absolute Gasteiger partial charge is 0.416 e. The maximum Gasteiger partial charge on any atom is 0.416 e. The van der Waals surface area contributed by atoms with Crippen LogP contribution in [0.25, 0.3) is 0 Å². The molecule has 0 saturated heterocycles. The standard InChI is InChI=1S/C16H13F3IN3O/c17-16(18,19)12-4-2-6-14(8-12)21-10-15(24)23-22-9-11-3-1-5-13(20)7-11/h1-9,21H,10H2,(H,23,24)/b22-9-. The number of amides is 1. The van der Waals surface area contributed by atoms with Crippen molar-refractivity contribution in [1.29, 1.82) is 0 Å². The molecule has 1 amide bonds. The Balaban J connectivity index is 1.85. The number of carbonyl (C=O) groups excluding carboxylic acids is 1. The van der Waals surface area contributed by atoms with Gasteiger partial charge in [0.15, 0.2) is 0 Å². The number of hydrogen-bond donors (Lipinski definition) is 2. The fourth-order valence-corrected chi connectivity index (χ4v) is 2.36. The van der Waals surface area contributed by atoms with E-state index in [0.717, 1.165) is 21.3 Å². The van der Waals surface area contributed by atoms with Crippen molar-refractivity contribution in [3.8, 4) is 0 Å². The quantitative estimate of drug-likeness (QED) is 0.416. The van der Waals surface area contributed by atoms with Gasteiger partial charge >= 0.3 is 6.18 Å². The lowest BCUT2D eigenvalue weighted by Crippen LogP contribution is -2.26. The Labute approximate surface area is 150 Å². The first-order valence-electron chi connectivity index (χ1n) is 6.83. The molecule has 2 N–H and O–H groups in total. The molecular weight excluding hydrogens is 434 g/mol.